The number of amides is 1. The molecule has 88 valence electrons. The Labute approximate surface area is 98.6 Å². The maximum absolute atomic E-state index is 11.3. The summed E-state index contributed by atoms with van der Waals surface area (Å²) in [5.74, 6) is 0.256. The van der Waals surface area contributed by atoms with Gasteiger partial charge in [-0.2, -0.15) is 0 Å². The highest BCUT2D eigenvalue weighted by Crippen LogP contribution is 2.19. The van der Waals surface area contributed by atoms with Gasteiger partial charge in [0, 0.05) is 23.9 Å². The zero-order valence-corrected chi connectivity index (χ0v) is 9.43. The van der Waals surface area contributed by atoms with E-state index >= 15 is 0 Å². The molecule has 1 heterocycles. The molecule has 0 aliphatic heterocycles. The lowest BCUT2D eigenvalue weighted by atomic mass is 10.0. The molecule has 1 amide bonds. The van der Waals surface area contributed by atoms with Crippen molar-refractivity contribution in [3.05, 3.63) is 47.5 Å². The van der Waals surface area contributed by atoms with Crippen molar-refractivity contribution in [1.82, 2.24) is 9.97 Å². The molecular weight excluding hydrogens is 218 g/mol. The Morgan fingerprint density at radius 2 is 2.35 bits per heavy atom. The van der Waals surface area contributed by atoms with E-state index in [0.717, 1.165) is 11.3 Å². The fraction of sp³-hybridized carbons (Fsp3) is 0.167. The third-order valence-electron chi connectivity index (χ3n) is 2.51. The summed E-state index contributed by atoms with van der Waals surface area (Å²) in [6.07, 6.45) is 3.87. The number of hydrogen-bond donors (Lipinski definition) is 2. The van der Waals surface area contributed by atoms with Crippen LogP contribution < -0.4 is 10.5 Å². The van der Waals surface area contributed by atoms with Crippen molar-refractivity contribution >= 4 is 5.91 Å². The van der Waals surface area contributed by atoms with Crippen LogP contribution in [0.5, 0.6) is 5.75 Å². The number of aromatic amines is 1. The van der Waals surface area contributed by atoms with Crippen LogP contribution in [-0.2, 0) is 6.42 Å². The summed E-state index contributed by atoms with van der Waals surface area (Å²) in [5, 5.41) is 0. The van der Waals surface area contributed by atoms with Crippen LogP contribution in [0.2, 0.25) is 0 Å². The van der Waals surface area contributed by atoms with E-state index in [-0.39, 0.29) is 0 Å². The highest BCUT2D eigenvalue weighted by atomic mass is 16.5. The van der Waals surface area contributed by atoms with Crippen LogP contribution in [0.3, 0.4) is 0 Å². The largest absolute Gasteiger partial charge is 0.497 e. The second-order valence-corrected chi connectivity index (χ2v) is 3.64. The molecule has 0 aliphatic carbocycles. The van der Waals surface area contributed by atoms with Crippen molar-refractivity contribution < 1.29 is 9.53 Å². The number of hydrogen-bond acceptors (Lipinski definition) is 3. The number of nitrogens with zero attached hydrogens (tertiary/aromatic N) is 1. The molecule has 0 fully saturated rings. The quantitative estimate of drug-likeness (QED) is 0.827. The van der Waals surface area contributed by atoms with Gasteiger partial charge in [-0.05, 0) is 23.8 Å². The Morgan fingerprint density at radius 3 is 2.94 bits per heavy atom. The predicted octanol–water partition coefficient (Wildman–Crippen LogP) is 1.11. The lowest BCUT2D eigenvalue weighted by Gasteiger charge is -2.08. The number of nitrogens with one attached hydrogen (secondary N) is 1. The van der Waals surface area contributed by atoms with Crippen molar-refractivity contribution in [1.29, 1.82) is 0 Å². The Morgan fingerprint density at radius 1 is 1.53 bits per heavy atom. The number of H-pyrrole nitrogens is 1. The van der Waals surface area contributed by atoms with E-state index < -0.39 is 5.91 Å². The molecule has 0 saturated carbocycles. The second-order valence-electron chi connectivity index (χ2n) is 3.64. The maximum Gasteiger partial charge on any atom is 0.248 e. The molecule has 17 heavy (non-hydrogen) atoms. The Bertz CT molecular complexity index is 521. The summed E-state index contributed by atoms with van der Waals surface area (Å²) in [6.45, 7) is 0. The second kappa shape index (κ2) is 4.69. The zero-order chi connectivity index (χ0) is 12.3. The molecule has 0 aliphatic rings. The van der Waals surface area contributed by atoms with Crippen LogP contribution in [0.25, 0.3) is 0 Å². The number of aromatic nitrogens is 2. The normalized spacial score (nSPS) is 10.2. The predicted molar refractivity (Wildman–Crippen MR) is 62.9 cm³/mol. The van der Waals surface area contributed by atoms with E-state index in [0.29, 0.717) is 17.7 Å². The van der Waals surface area contributed by atoms with Gasteiger partial charge in [-0.25, -0.2) is 4.98 Å². The van der Waals surface area contributed by atoms with Gasteiger partial charge in [-0.3, -0.25) is 4.79 Å². The number of rotatable bonds is 4. The van der Waals surface area contributed by atoms with Crippen molar-refractivity contribution in [2.24, 2.45) is 5.73 Å². The van der Waals surface area contributed by atoms with Gasteiger partial charge in [0.25, 0.3) is 0 Å². The number of carbonyl (C=O) groups is 1. The molecule has 0 bridgehead atoms. The van der Waals surface area contributed by atoms with Gasteiger partial charge < -0.3 is 15.5 Å². The number of nitrogens with two attached hydrogens (primary N) is 1. The molecular formula is C12H13N3O2. The van der Waals surface area contributed by atoms with Gasteiger partial charge in [0.15, 0.2) is 0 Å². The Kier molecular flexibility index (Phi) is 3.09. The molecule has 1 aromatic carbocycles. The first-order chi connectivity index (χ1) is 8.20. The third kappa shape index (κ3) is 2.44. The number of carbonyl (C=O) groups excluding carboxylic acids is 1. The topological polar surface area (TPSA) is 81.0 Å². The van der Waals surface area contributed by atoms with Crippen LogP contribution in [0.4, 0.5) is 0 Å². The summed E-state index contributed by atoms with van der Waals surface area (Å²) in [7, 11) is 1.58. The molecule has 0 saturated heterocycles. The number of primary amides is 1. The monoisotopic (exact) mass is 231 g/mol. The molecule has 0 spiro atoms. The molecule has 5 heteroatoms. The highest BCUT2D eigenvalue weighted by Gasteiger charge is 2.10. The van der Waals surface area contributed by atoms with Crippen LogP contribution in [0.1, 0.15) is 21.6 Å². The Hall–Kier alpha value is -2.30. The smallest absolute Gasteiger partial charge is 0.248 e. The number of benzene rings is 1. The molecule has 3 N–H and O–H groups in total. The van der Waals surface area contributed by atoms with E-state index in [2.05, 4.69) is 9.97 Å². The van der Waals surface area contributed by atoms with Crippen molar-refractivity contribution in [3.8, 4) is 5.75 Å². The fourth-order valence-corrected chi connectivity index (χ4v) is 1.67. The first-order valence-electron chi connectivity index (χ1n) is 5.14. The van der Waals surface area contributed by atoms with Gasteiger partial charge in [-0.1, -0.05) is 0 Å². The lowest BCUT2D eigenvalue weighted by Crippen LogP contribution is -2.14. The molecule has 2 aromatic rings. The van der Waals surface area contributed by atoms with Gasteiger partial charge in [0.2, 0.25) is 5.91 Å². The highest BCUT2D eigenvalue weighted by molar-refractivity contribution is 5.94. The standard InChI is InChI=1S/C12H13N3O2/c1-17-10-2-3-11(12(13)16)8(5-10)4-9-6-14-7-15-9/h2-3,5-7H,4H2,1H3,(H2,13,16)(H,14,15). The molecule has 5 nitrogen and oxygen atoms in total. The minimum atomic E-state index is -0.442. The van der Waals surface area contributed by atoms with E-state index in [1.807, 2.05) is 0 Å². The summed E-state index contributed by atoms with van der Waals surface area (Å²) in [4.78, 5) is 18.2. The SMILES string of the molecule is COc1ccc(C(N)=O)c(Cc2cnc[nH]2)c1. The molecule has 1 aromatic heterocycles. The maximum atomic E-state index is 11.3. The molecule has 0 atom stereocenters. The average molecular weight is 231 g/mol. The third-order valence-corrected chi connectivity index (χ3v) is 2.51. The Balaban J connectivity index is 2.38. The van der Waals surface area contributed by atoms with E-state index in [4.69, 9.17) is 10.5 Å². The van der Waals surface area contributed by atoms with Crippen molar-refractivity contribution in [2.75, 3.05) is 7.11 Å². The van der Waals surface area contributed by atoms with E-state index in [9.17, 15) is 4.79 Å². The number of ether oxygens (including phenoxy) is 1. The van der Waals surface area contributed by atoms with Gasteiger partial charge >= 0.3 is 0 Å². The number of methoxy groups -OCH3 is 1. The first kappa shape index (κ1) is 11.2. The summed E-state index contributed by atoms with van der Waals surface area (Å²) < 4.78 is 5.13. The zero-order valence-electron chi connectivity index (χ0n) is 9.43. The first-order valence-corrected chi connectivity index (χ1v) is 5.14. The minimum absolute atomic E-state index is 0.442. The van der Waals surface area contributed by atoms with Gasteiger partial charge in [0.05, 0.1) is 13.4 Å². The summed E-state index contributed by atoms with van der Waals surface area (Å²) in [5.41, 5.74) is 7.57. The number of imidazole rings is 1. The van der Waals surface area contributed by atoms with Gasteiger partial charge in [-0.15, -0.1) is 0 Å². The van der Waals surface area contributed by atoms with Crippen molar-refractivity contribution in [2.45, 2.75) is 6.42 Å². The average Bonchev–Trinajstić information content (AvgIpc) is 2.81. The fourth-order valence-electron chi connectivity index (χ4n) is 1.67. The van der Waals surface area contributed by atoms with Crippen molar-refractivity contribution in [3.63, 3.8) is 0 Å². The van der Waals surface area contributed by atoms with E-state index in [1.165, 1.54) is 0 Å². The summed E-state index contributed by atoms with van der Waals surface area (Å²) in [6, 6.07) is 5.20. The minimum Gasteiger partial charge on any atom is -0.497 e. The van der Waals surface area contributed by atoms with Crippen LogP contribution in [-0.4, -0.2) is 23.0 Å². The lowest BCUT2D eigenvalue weighted by molar-refractivity contribution is 0.0999. The van der Waals surface area contributed by atoms with Crippen LogP contribution in [0.15, 0.2) is 30.7 Å². The summed E-state index contributed by atoms with van der Waals surface area (Å²) >= 11 is 0. The van der Waals surface area contributed by atoms with Crippen LogP contribution >= 0.6 is 0 Å². The molecule has 0 unspecified atom stereocenters. The molecule has 2 rings (SSSR count). The van der Waals surface area contributed by atoms with Gasteiger partial charge in [0.1, 0.15) is 5.75 Å². The molecule has 0 radical (unpaired) electrons. The van der Waals surface area contributed by atoms with E-state index in [1.54, 1.807) is 37.8 Å². The van der Waals surface area contributed by atoms with Crippen LogP contribution in [0, 0.1) is 0 Å².